The molecule has 1 fully saturated rings. The Morgan fingerprint density at radius 3 is 2.18 bits per heavy atom. The van der Waals surface area contributed by atoms with E-state index in [0.29, 0.717) is 30.5 Å². The van der Waals surface area contributed by atoms with E-state index in [1.807, 2.05) is 53.4 Å². The van der Waals surface area contributed by atoms with Gasteiger partial charge in [0.15, 0.2) is 5.11 Å². The summed E-state index contributed by atoms with van der Waals surface area (Å²) < 4.78 is 0. The van der Waals surface area contributed by atoms with Gasteiger partial charge in [-0.3, -0.25) is 9.59 Å². The van der Waals surface area contributed by atoms with Crippen molar-refractivity contribution >= 4 is 40.5 Å². The summed E-state index contributed by atoms with van der Waals surface area (Å²) >= 11 is 5.25. The van der Waals surface area contributed by atoms with Crippen LogP contribution in [0.15, 0.2) is 48.5 Å². The number of carbonyl (C=O) groups is 2. The minimum Gasteiger partial charge on any atom is -0.368 e. The summed E-state index contributed by atoms with van der Waals surface area (Å²) in [4.78, 5) is 28.9. The van der Waals surface area contributed by atoms with Crippen LogP contribution in [0.25, 0.3) is 0 Å². The zero-order valence-corrected chi connectivity index (χ0v) is 20.6. The first-order valence-corrected chi connectivity index (χ1v) is 12.1. The fourth-order valence-electron chi connectivity index (χ4n) is 3.76. The van der Waals surface area contributed by atoms with Crippen molar-refractivity contribution in [2.45, 2.75) is 40.0 Å². The number of benzene rings is 2. The molecular weight excluding hydrogens is 432 g/mol. The van der Waals surface area contributed by atoms with Crippen LogP contribution in [0.3, 0.4) is 0 Å². The summed E-state index contributed by atoms with van der Waals surface area (Å²) in [5, 5.41) is 6.11. The Morgan fingerprint density at radius 1 is 0.970 bits per heavy atom. The van der Waals surface area contributed by atoms with E-state index in [1.54, 1.807) is 0 Å². The van der Waals surface area contributed by atoms with Crippen LogP contribution in [0.4, 0.5) is 11.4 Å². The number of rotatable bonds is 7. The molecule has 33 heavy (non-hydrogen) atoms. The Kier molecular flexibility index (Phi) is 8.83. The van der Waals surface area contributed by atoms with E-state index < -0.39 is 0 Å². The number of piperazine rings is 1. The lowest BCUT2D eigenvalue weighted by Crippen LogP contribution is -2.48. The van der Waals surface area contributed by atoms with Crippen LogP contribution in [-0.2, 0) is 11.2 Å². The molecule has 2 amide bonds. The molecule has 7 heteroatoms. The van der Waals surface area contributed by atoms with E-state index in [2.05, 4.69) is 36.3 Å². The molecule has 1 aliphatic rings. The first kappa shape index (κ1) is 24.7. The number of hydrogen-bond donors (Lipinski definition) is 2. The lowest BCUT2D eigenvalue weighted by atomic mass is 10.1. The average Bonchev–Trinajstić information content (AvgIpc) is 2.83. The molecule has 1 saturated heterocycles. The highest BCUT2D eigenvalue weighted by atomic mass is 32.1. The Balaban J connectivity index is 1.47. The normalized spacial score (nSPS) is 13.7. The van der Waals surface area contributed by atoms with Crippen molar-refractivity contribution in [3.05, 3.63) is 59.7 Å². The molecule has 0 unspecified atom stereocenters. The van der Waals surface area contributed by atoms with Gasteiger partial charge >= 0.3 is 0 Å². The molecule has 2 N–H and O–H groups in total. The molecule has 6 nitrogen and oxygen atoms in total. The Morgan fingerprint density at radius 2 is 1.61 bits per heavy atom. The molecule has 0 radical (unpaired) electrons. The number of nitrogens with zero attached hydrogens (tertiary/aromatic N) is 2. The number of nitrogens with one attached hydrogen (secondary N) is 2. The summed E-state index contributed by atoms with van der Waals surface area (Å²) in [6.45, 7) is 9.26. The number of amides is 2. The highest BCUT2D eigenvalue weighted by Gasteiger charge is 2.22. The Bertz CT molecular complexity index is 949. The Hall–Kier alpha value is -2.93. The predicted octanol–water partition coefficient (Wildman–Crippen LogP) is 4.46. The maximum atomic E-state index is 12.8. The van der Waals surface area contributed by atoms with Gasteiger partial charge in [-0.25, -0.2) is 0 Å². The molecule has 0 bridgehead atoms. The van der Waals surface area contributed by atoms with Crippen LogP contribution in [0, 0.1) is 5.92 Å². The molecule has 2 aromatic carbocycles. The summed E-state index contributed by atoms with van der Waals surface area (Å²) in [5.41, 5.74) is 3.93. The van der Waals surface area contributed by atoms with Crippen molar-refractivity contribution in [3.8, 4) is 0 Å². The maximum Gasteiger partial charge on any atom is 0.253 e. The van der Waals surface area contributed by atoms with E-state index in [9.17, 15) is 9.59 Å². The topological polar surface area (TPSA) is 64.7 Å². The van der Waals surface area contributed by atoms with Gasteiger partial charge in [0.2, 0.25) is 5.91 Å². The smallest absolute Gasteiger partial charge is 0.253 e. The molecule has 0 spiro atoms. The standard InChI is InChI=1S/C26H34N4O2S/c1-4-20-6-8-21(9-7-20)25(32)30-17-15-29(16-18-30)23-12-10-22(11-13-23)27-26(33)28-24(31)14-5-19(2)3/h6-13,19H,4-5,14-18H2,1-3H3,(H2,27,28,31,33). The van der Waals surface area contributed by atoms with Gasteiger partial charge < -0.3 is 20.4 Å². The van der Waals surface area contributed by atoms with E-state index >= 15 is 0 Å². The summed E-state index contributed by atoms with van der Waals surface area (Å²) in [6.07, 6.45) is 2.28. The molecule has 0 aromatic heterocycles. The van der Waals surface area contributed by atoms with Crippen LogP contribution >= 0.6 is 12.2 Å². The molecular formula is C26H34N4O2S. The third kappa shape index (κ3) is 7.29. The minimum absolute atomic E-state index is 0.0634. The molecule has 2 aromatic rings. The monoisotopic (exact) mass is 466 g/mol. The third-order valence-corrected chi connectivity index (χ3v) is 6.07. The van der Waals surface area contributed by atoms with E-state index in [0.717, 1.165) is 42.9 Å². The van der Waals surface area contributed by atoms with Gasteiger partial charge in [0.1, 0.15) is 0 Å². The summed E-state index contributed by atoms with van der Waals surface area (Å²) in [7, 11) is 0. The number of anilines is 2. The number of thiocarbonyl (C=S) groups is 1. The molecule has 176 valence electrons. The zero-order chi connectivity index (χ0) is 23.8. The number of aryl methyl sites for hydroxylation is 1. The minimum atomic E-state index is -0.0634. The van der Waals surface area contributed by atoms with Crippen molar-refractivity contribution in [1.29, 1.82) is 0 Å². The molecule has 1 heterocycles. The highest BCUT2D eigenvalue weighted by molar-refractivity contribution is 7.80. The van der Waals surface area contributed by atoms with Gasteiger partial charge in [0, 0.05) is 49.5 Å². The molecule has 0 atom stereocenters. The number of carbonyl (C=O) groups excluding carboxylic acids is 2. The van der Waals surface area contributed by atoms with Gasteiger partial charge in [-0.15, -0.1) is 0 Å². The zero-order valence-electron chi connectivity index (χ0n) is 19.8. The second-order valence-electron chi connectivity index (χ2n) is 8.81. The molecule has 0 saturated carbocycles. The van der Waals surface area contributed by atoms with Gasteiger partial charge in [-0.05, 0) is 72.9 Å². The fraction of sp³-hybridized carbons (Fsp3) is 0.423. The van der Waals surface area contributed by atoms with Crippen LogP contribution < -0.4 is 15.5 Å². The van der Waals surface area contributed by atoms with Crippen LogP contribution in [0.1, 0.15) is 49.5 Å². The first-order chi connectivity index (χ1) is 15.9. The van der Waals surface area contributed by atoms with Crippen molar-refractivity contribution < 1.29 is 9.59 Å². The Labute approximate surface area is 202 Å². The number of hydrogen-bond acceptors (Lipinski definition) is 4. The second-order valence-corrected chi connectivity index (χ2v) is 9.22. The van der Waals surface area contributed by atoms with Crippen molar-refractivity contribution in [1.82, 2.24) is 10.2 Å². The lowest BCUT2D eigenvalue weighted by Gasteiger charge is -2.36. The van der Waals surface area contributed by atoms with Crippen molar-refractivity contribution in [3.63, 3.8) is 0 Å². The van der Waals surface area contributed by atoms with Crippen LogP contribution in [-0.4, -0.2) is 48.0 Å². The molecule has 3 rings (SSSR count). The van der Waals surface area contributed by atoms with E-state index in [1.165, 1.54) is 5.56 Å². The summed E-state index contributed by atoms with van der Waals surface area (Å²) in [6, 6.07) is 15.9. The highest BCUT2D eigenvalue weighted by Crippen LogP contribution is 2.20. The fourth-order valence-corrected chi connectivity index (χ4v) is 3.99. The van der Waals surface area contributed by atoms with Gasteiger partial charge in [0.25, 0.3) is 5.91 Å². The van der Waals surface area contributed by atoms with Gasteiger partial charge in [0.05, 0.1) is 0 Å². The lowest BCUT2D eigenvalue weighted by molar-refractivity contribution is -0.119. The quantitative estimate of drug-likeness (QED) is 0.590. The van der Waals surface area contributed by atoms with Gasteiger partial charge in [-0.2, -0.15) is 0 Å². The average molecular weight is 467 g/mol. The molecule has 0 aliphatic carbocycles. The van der Waals surface area contributed by atoms with E-state index in [-0.39, 0.29) is 11.8 Å². The van der Waals surface area contributed by atoms with Crippen LogP contribution in [0.2, 0.25) is 0 Å². The summed E-state index contributed by atoms with van der Waals surface area (Å²) in [5.74, 6) is 0.518. The SMILES string of the molecule is CCc1ccc(C(=O)N2CCN(c3ccc(NC(=S)NC(=O)CCC(C)C)cc3)CC2)cc1. The predicted molar refractivity (Wildman–Crippen MR) is 139 cm³/mol. The maximum absolute atomic E-state index is 12.8. The second kappa shape index (κ2) is 11.8. The molecule has 1 aliphatic heterocycles. The largest absolute Gasteiger partial charge is 0.368 e. The third-order valence-electron chi connectivity index (χ3n) is 5.87. The van der Waals surface area contributed by atoms with Crippen molar-refractivity contribution in [2.24, 2.45) is 5.92 Å². The van der Waals surface area contributed by atoms with Gasteiger partial charge in [-0.1, -0.05) is 32.9 Å². The first-order valence-electron chi connectivity index (χ1n) is 11.7. The van der Waals surface area contributed by atoms with Crippen LogP contribution in [0.5, 0.6) is 0 Å². The van der Waals surface area contributed by atoms with Crippen molar-refractivity contribution in [2.75, 3.05) is 36.4 Å². The van der Waals surface area contributed by atoms with E-state index in [4.69, 9.17) is 12.2 Å².